The maximum atomic E-state index is 4.91. The van der Waals surface area contributed by atoms with Gasteiger partial charge in [-0.05, 0) is 50.6 Å². The van der Waals surface area contributed by atoms with Crippen LogP contribution in [0.5, 0.6) is 0 Å². The van der Waals surface area contributed by atoms with E-state index in [0.29, 0.717) is 6.04 Å². The Labute approximate surface area is 131 Å². The quantitative estimate of drug-likeness (QED) is 0.824. The van der Waals surface area contributed by atoms with E-state index >= 15 is 0 Å². The molecule has 1 heterocycles. The molecule has 2 nitrogen and oxygen atoms in total. The van der Waals surface area contributed by atoms with Crippen LogP contribution in [0.4, 0.5) is 0 Å². The second-order valence-electron chi connectivity index (χ2n) is 5.81. The molecule has 0 aliphatic heterocycles. The molecule has 112 valence electrons. The van der Waals surface area contributed by atoms with E-state index in [1.54, 1.807) is 0 Å². The number of aryl methyl sites for hydroxylation is 3. The van der Waals surface area contributed by atoms with Gasteiger partial charge in [0.2, 0.25) is 0 Å². The summed E-state index contributed by atoms with van der Waals surface area (Å²) in [6, 6.07) is 11.2. The van der Waals surface area contributed by atoms with Crippen LogP contribution in [0.2, 0.25) is 0 Å². The molecule has 1 atom stereocenters. The van der Waals surface area contributed by atoms with Gasteiger partial charge in [0, 0.05) is 4.88 Å². The molecule has 1 aliphatic rings. The van der Waals surface area contributed by atoms with Crippen molar-refractivity contribution in [2.24, 2.45) is 0 Å². The Bertz CT molecular complexity index is 540. The van der Waals surface area contributed by atoms with Gasteiger partial charge < -0.3 is 5.32 Å². The van der Waals surface area contributed by atoms with Crippen LogP contribution in [-0.2, 0) is 19.3 Å². The minimum atomic E-state index is 0.417. The zero-order valence-corrected chi connectivity index (χ0v) is 13.6. The third-order valence-electron chi connectivity index (χ3n) is 4.12. The molecule has 2 aromatic rings. The lowest BCUT2D eigenvalue weighted by atomic mass is 10.1. The van der Waals surface area contributed by atoms with Crippen molar-refractivity contribution in [3.8, 4) is 0 Å². The van der Waals surface area contributed by atoms with Crippen LogP contribution >= 0.6 is 11.3 Å². The van der Waals surface area contributed by atoms with E-state index in [9.17, 15) is 0 Å². The van der Waals surface area contributed by atoms with Crippen LogP contribution in [0.3, 0.4) is 0 Å². The van der Waals surface area contributed by atoms with E-state index in [4.69, 9.17) is 4.98 Å². The van der Waals surface area contributed by atoms with Gasteiger partial charge in [0.05, 0.1) is 11.7 Å². The molecule has 0 fully saturated rings. The van der Waals surface area contributed by atoms with Gasteiger partial charge >= 0.3 is 0 Å². The first kappa shape index (κ1) is 14.7. The smallest absolute Gasteiger partial charge is 0.110 e. The van der Waals surface area contributed by atoms with Gasteiger partial charge in [0.15, 0.2) is 0 Å². The lowest BCUT2D eigenvalue weighted by Crippen LogP contribution is -2.22. The Balaban J connectivity index is 1.68. The fourth-order valence-corrected chi connectivity index (χ4v) is 4.21. The molecule has 3 heteroatoms. The summed E-state index contributed by atoms with van der Waals surface area (Å²) in [4.78, 5) is 6.45. The molecule has 0 amide bonds. The molecule has 0 saturated heterocycles. The molecule has 0 bridgehead atoms. The van der Waals surface area contributed by atoms with Gasteiger partial charge in [-0.3, -0.25) is 0 Å². The molecule has 3 rings (SSSR count). The molecule has 1 N–H and O–H groups in total. The minimum absolute atomic E-state index is 0.417. The first-order valence-electron chi connectivity index (χ1n) is 8.12. The average Bonchev–Trinajstić information content (AvgIpc) is 3.10. The van der Waals surface area contributed by atoms with Crippen molar-refractivity contribution in [3.05, 3.63) is 51.5 Å². The van der Waals surface area contributed by atoms with Gasteiger partial charge in [-0.15, -0.1) is 11.3 Å². The number of nitrogens with one attached hydrogen (secondary N) is 1. The monoisotopic (exact) mass is 300 g/mol. The van der Waals surface area contributed by atoms with Gasteiger partial charge in [0.1, 0.15) is 5.01 Å². The third-order valence-corrected chi connectivity index (χ3v) is 5.39. The highest BCUT2D eigenvalue weighted by molar-refractivity contribution is 7.11. The maximum Gasteiger partial charge on any atom is 0.110 e. The van der Waals surface area contributed by atoms with Crippen molar-refractivity contribution in [2.45, 2.75) is 51.5 Å². The van der Waals surface area contributed by atoms with E-state index < -0.39 is 0 Å². The molecule has 0 saturated carbocycles. The van der Waals surface area contributed by atoms with Crippen molar-refractivity contribution < 1.29 is 0 Å². The lowest BCUT2D eigenvalue weighted by Gasteiger charge is -2.16. The Morgan fingerprint density at radius 1 is 1.24 bits per heavy atom. The maximum absolute atomic E-state index is 4.91. The van der Waals surface area contributed by atoms with Gasteiger partial charge in [-0.2, -0.15) is 0 Å². The predicted molar refractivity (Wildman–Crippen MR) is 89.9 cm³/mol. The molecule has 1 aromatic heterocycles. The number of thiazole rings is 1. The number of fused-ring (bicyclic) bond motifs is 1. The van der Waals surface area contributed by atoms with Crippen LogP contribution < -0.4 is 5.32 Å². The molecule has 1 unspecified atom stereocenters. The first-order chi connectivity index (χ1) is 10.4. The molecule has 21 heavy (non-hydrogen) atoms. The summed E-state index contributed by atoms with van der Waals surface area (Å²) in [5, 5.41) is 5.00. The molecular formula is C18H24N2S. The van der Waals surface area contributed by atoms with Crippen molar-refractivity contribution >= 4 is 11.3 Å². The Kier molecular flexibility index (Phi) is 5.04. The summed E-state index contributed by atoms with van der Waals surface area (Å²) in [6.07, 6.45) is 7.15. The van der Waals surface area contributed by atoms with Crippen LogP contribution in [0, 0.1) is 0 Å². The minimum Gasteiger partial charge on any atom is -0.308 e. The van der Waals surface area contributed by atoms with Crippen LogP contribution in [0.25, 0.3) is 0 Å². The lowest BCUT2D eigenvalue weighted by molar-refractivity contribution is 0.496. The zero-order valence-electron chi connectivity index (χ0n) is 12.8. The van der Waals surface area contributed by atoms with Crippen molar-refractivity contribution in [1.29, 1.82) is 0 Å². The second kappa shape index (κ2) is 7.19. The van der Waals surface area contributed by atoms with E-state index in [0.717, 1.165) is 19.4 Å². The third kappa shape index (κ3) is 3.72. The normalized spacial score (nSPS) is 15.1. The van der Waals surface area contributed by atoms with Crippen molar-refractivity contribution in [3.63, 3.8) is 0 Å². The van der Waals surface area contributed by atoms with Gasteiger partial charge in [-0.25, -0.2) is 4.98 Å². The Morgan fingerprint density at radius 3 is 2.86 bits per heavy atom. The van der Waals surface area contributed by atoms with E-state index in [1.807, 2.05) is 11.3 Å². The highest BCUT2D eigenvalue weighted by atomic mass is 32.1. The molecular weight excluding hydrogens is 276 g/mol. The summed E-state index contributed by atoms with van der Waals surface area (Å²) in [5.41, 5.74) is 2.79. The topological polar surface area (TPSA) is 24.9 Å². The van der Waals surface area contributed by atoms with E-state index in [2.05, 4.69) is 42.6 Å². The van der Waals surface area contributed by atoms with E-state index in [1.165, 1.54) is 46.8 Å². The molecule has 1 aliphatic carbocycles. The fourth-order valence-electron chi connectivity index (χ4n) is 2.95. The predicted octanol–water partition coefficient (Wildman–Crippen LogP) is 4.31. The number of hydrogen-bond donors (Lipinski definition) is 1. The summed E-state index contributed by atoms with van der Waals surface area (Å²) in [5.74, 6) is 0. The first-order valence-corrected chi connectivity index (χ1v) is 8.94. The van der Waals surface area contributed by atoms with Crippen LogP contribution in [0.1, 0.15) is 53.4 Å². The van der Waals surface area contributed by atoms with Crippen LogP contribution in [0.15, 0.2) is 30.3 Å². The van der Waals surface area contributed by atoms with Crippen molar-refractivity contribution in [1.82, 2.24) is 10.3 Å². The number of hydrogen-bond acceptors (Lipinski definition) is 3. The number of rotatable bonds is 7. The van der Waals surface area contributed by atoms with Gasteiger partial charge in [-0.1, -0.05) is 37.3 Å². The number of benzene rings is 1. The fraction of sp³-hybridized carbons (Fsp3) is 0.500. The average molecular weight is 300 g/mol. The summed E-state index contributed by atoms with van der Waals surface area (Å²) in [6.45, 7) is 3.30. The second-order valence-corrected chi connectivity index (χ2v) is 6.92. The van der Waals surface area contributed by atoms with Crippen LogP contribution in [-0.4, -0.2) is 11.5 Å². The zero-order chi connectivity index (χ0) is 14.5. The standard InChI is InChI=1S/C18H24N2S/c1-2-13-19-16(12-11-14-7-4-3-5-8-14)18-20-15-9-6-10-17(15)21-18/h3-5,7-8,16,19H,2,6,9-13H2,1H3. The molecule has 1 aromatic carbocycles. The SMILES string of the molecule is CCCNC(CCc1ccccc1)c1nc2c(s1)CCC2. The summed E-state index contributed by atoms with van der Waals surface area (Å²) in [7, 11) is 0. The number of nitrogens with zero attached hydrogens (tertiary/aromatic N) is 1. The van der Waals surface area contributed by atoms with Crippen molar-refractivity contribution in [2.75, 3.05) is 6.54 Å². The highest BCUT2D eigenvalue weighted by Gasteiger charge is 2.21. The van der Waals surface area contributed by atoms with E-state index in [-0.39, 0.29) is 0 Å². The Morgan fingerprint density at radius 2 is 2.10 bits per heavy atom. The highest BCUT2D eigenvalue weighted by Crippen LogP contribution is 2.32. The Hall–Kier alpha value is -1.19. The number of aromatic nitrogens is 1. The summed E-state index contributed by atoms with van der Waals surface area (Å²) >= 11 is 1.94. The van der Waals surface area contributed by atoms with Gasteiger partial charge in [0.25, 0.3) is 0 Å². The largest absolute Gasteiger partial charge is 0.308 e. The molecule has 0 spiro atoms. The summed E-state index contributed by atoms with van der Waals surface area (Å²) < 4.78 is 0. The molecule has 0 radical (unpaired) electrons.